The van der Waals surface area contributed by atoms with Crippen LogP contribution in [0.3, 0.4) is 0 Å². The number of benzene rings is 1. The molecule has 0 fully saturated rings. The lowest BCUT2D eigenvalue weighted by Gasteiger charge is -2.30. The largest absolute Gasteiger partial charge is 0.477 e. The van der Waals surface area contributed by atoms with E-state index in [0.717, 1.165) is 19.1 Å². The third-order valence-electron chi connectivity index (χ3n) is 4.46. The van der Waals surface area contributed by atoms with E-state index < -0.39 is 34.7 Å². The highest BCUT2D eigenvalue weighted by Crippen LogP contribution is 2.32. The molecule has 0 aliphatic carbocycles. The van der Waals surface area contributed by atoms with Crippen LogP contribution < -0.4 is 14.8 Å². The predicted molar refractivity (Wildman–Crippen MR) is 113 cm³/mol. The first-order chi connectivity index (χ1) is 15.6. The lowest BCUT2D eigenvalue weighted by molar-refractivity contribution is -0.384. The molecule has 13 nitrogen and oxygen atoms in total. The normalized spacial score (nSPS) is 10.9. The fraction of sp³-hybridized carbons (Fsp3) is 0.450. The van der Waals surface area contributed by atoms with Gasteiger partial charge in [-0.05, 0) is 19.4 Å². The van der Waals surface area contributed by atoms with E-state index in [-0.39, 0.29) is 47.3 Å². The van der Waals surface area contributed by atoms with Crippen molar-refractivity contribution in [2.75, 3.05) is 27.4 Å². The number of methoxy groups -OCH3 is 2. The van der Waals surface area contributed by atoms with Crippen LogP contribution >= 0.6 is 0 Å². The van der Waals surface area contributed by atoms with E-state index in [1.165, 1.54) is 28.1 Å². The molecule has 1 aromatic carbocycles. The summed E-state index contributed by atoms with van der Waals surface area (Å²) in [6, 6.07) is 2.28. The number of aromatic nitrogens is 2. The van der Waals surface area contributed by atoms with E-state index in [1.807, 2.05) is 0 Å². The topological polar surface area (TPSA) is 169 Å². The maximum absolute atomic E-state index is 12.9. The van der Waals surface area contributed by atoms with Crippen molar-refractivity contribution < 1.29 is 38.3 Å². The molecule has 0 atom stereocenters. The molecule has 33 heavy (non-hydrogen) atoms. The molecular formula is C20H24N4O9. The number of ether oxygens (including phenoxy) is 4. The predicted octanol–water partition coefficient (Wildman–Crippen LogP) is 1.10. The molecule has 1 heterocycles. The Hall–Kier alpha value is -4.03. The molecule has 2 aromatic rings. The zero-order chi connectivity index (χ0) is 24.8. The zero-order valence-electron chi connectivity index (χ0n) is 18.8. The molecule has 0 unspecified atom stereocenters. The summed E-state index contributed by atoms with van der Waals surface area (Å²) < 4.78 is 20.4. The Kier molecular flexibility index (Phi) is 8.05. The van der Waals surface area contributed by atoms with E-state index in [1.54, 1.807) is 0 Å². The maximum Gasteiger partial charge on any atom is 0.344 e. The first-order valence-electron chi connectivity index (χ1n) is 9.83. The lowest BCUT2D eigenvalue weighted by atomic mass is 9.89. The number of rotatable bonds is 10. The Morgan fingerprint density at radius 1 is 1.03 bits per heavy atom. The molecule has 2 rings (SSSR count). The lowest BCUT2D eigenvalue weighted by Crippen LogP contribution is -2.62. The molecule has 0 aliphatic heterocycles. The zero-order valence-corrected chi connectivity index (χ0v) is 18.8. The number of non-ortho nitro benzene ring substituents is 1. The van der Waals surface area contributed by atoms with Gasteiger partial charge < -0.3 is 24.3 Å². The smallest absolute Gasteiger partial charge is 0.344 e. The average molecular weight is 464 g/mol. The SMILES string of the molecule is CCOC(=O)C(Cc1cc([N+](=O)[O-])cc2nc(OC)c(OC)nc12)(NC(C)=O)C(=O)OCC. The van der Waals surface area contributed by atoms with Crippen LogP contribution in [0.2, 0.25) is 0 Å². The van der Waals surface area contributed by atoms with Gasteiger partial charge in [0.15, 0.2) is 0 Å². The van der Waals surface area contributed by atoms with Crippen LogP contribution in [-0.4, -0.2) is 65.7 Å². The number of hydrogen-bond donors (Lipinski definition) is 1. The van der Waals surface area contributed by atoms with Gasteiger partial charge in [0.2, 0.25) is 11.4 Å². The van der Waals surface area contributed by atoms with E-state index in [2.05, 4.69) is 15.3 Å². The molecule has 1 amide bonds. The van der Waals surface area contributed by atoms with Crippen molar-refractivity contribution in [2.45, 2.75) is 32.7 Å². The Balaban J connectivity index is 2.85. The minimum atomic E-state index is -2.32. The Morgan fingerprint density at radius 2 is 1.58 bits per heavy atom. The Morgan fingerprint density at radius 3 is 2.03 bits per heavy atom. The second-order valence-electron chi connectivity index (χ2n) is 6.68. The van der Waals surface area contributed by atoms with Gasteiger partial charge in [0.05, 0.1) is 37.9 Å². The minimum Gasteiger partial charge on any atom is -0.477 e. The van der Waals surface area contributed by atoms with Gasteiger partial charge in [0.25, 0.3) is 17.4 Å². The van der Waals surface area contributed by atoms with Crippen LogP contribution in [0.4, 0.5) is 5.69 Å². The monoisotopic (exact) mass is 464 g/mol. The number of amides is 1. The average Bonchev–Trinajstić information content (AvgIpc) is 2.77. The standard InChI is InChI=1S/C20H24N4O9/c1-6-32-18(26)20(23-11(3)25,19(27)33-7-2)10-12-8-13(24(28)29)9-14-15(12)22-17(31-5)16(21-14)30-4/h8-9H,6-7,10H2,1-5H3,(H,23,25). The number of nitro groups is 1. The third-order valence-corrected chi connectivity index (χ3v) is 4.46. The van der Waals surface area contributed by atoms with Crippen LogP contribution in [0.5, 0.6) is 11.8 Å². The molecule has 0 radical (unpaired) electrons. The summed E-state index contributed by atoms with van der Waals surface area (Å²) in [6.45, 7) is 3.95. The van der Waals surface area contributed by atoms with Gasteiger partial charge in [-0.3, -0.25) is 14.9 Å². The molecular weight excluding hydrogens is 440 g/mol. The van der Waals surface area contributed by atoms with Crippen LogP contribution in [0.25, 0.3) is 11.0 Å². The second kappa shape index (κ2) is 10.5. The van der Waals surface area contributed by atoms with E-state index in [4.69, 9.17) is 18.9 Å². The summed E-state index contributed by atoms with van der Waals surface area (Å²) in [4.78, 5) is 57.2. The van der Waals surface area contributed by atoms with E-state index in [0.29, 0.717) is 0 Å². The highest BCUT2D eigenvalue weighted by atomic mass is 16.6. The van der Waals surface area contributed by atoms with Crippen molar-refractivity contribution in [3.8, 4) is 11.8 Å². The van der Waals surface area contributed by atoms with Crippen LogP contribution in [-0.2, 0) is 30.3 Å². The number of carbonyl (C=O) groups is 3. The molecule has 1 N–H and O–H groups in total. The number of fused-ring (bicyclic) bond motifs is 1. The number of hydrogen-bond acceptors (Lipinski definition) is 11. The van der Waals surface area contributed by atoms with Gasteiger partial charge in [-0.2, -0.15) is 0 Å². The molecule has 0 aliphatic rings. The summed E-state index contributed by atoms with van der Waals surface area (Å²) in [6.07, 6.45) is -0.563. The van der Waals surface area contributed by atoms with Crippen LogP contribution in [0, 0.1) is 10.1 Å². The van der Waals surface area contributed by atoms with Crippen molar-refractivity contribution >= 4 is 34.6 Å². The van der Waals surface area contributed by atoms with E-state index in [9.17, 15) is 24.5 Å². The Labute approximate surface area is 188 Å². The van der Waals surface area contributed by atoms with Gasteiger partial charge in [-0.15, -0.1) is 0 Å². The van der Waals surface area contributed by atoms with Crippen LogP contribution in [0.15, 0.2) is 12.1 Å². The molecule has 178 valence electrons. The summed E-state index contributed by atoms with van der Waals surface area (Å²) in [7, 11) is 2.64. The molecule has 0 bridgehead atoms. The van der Waals surface area contributed by atoms with Gasteiger partial charge >= 0.3 is 11.9 Å². The number of esters is 2. The fourth-order valence-electron chi connectivity index (χ4n) is 3.16. The van der Waals surface area contributed by atoms with Crippen molar-refractivity contribution in [1.29, 1.82) is 0 Å². The first-order valence-corrected chi connectivity index (χ1v) is 9.83. The van der Waals surface area contributed by atoms with Crippen molar-refractivity contribution in [2.24, 2.45) is 0 Å². The number of nitrogens with zero attached hydrogens (tertiary/aromatic N) is 3. The fourth-order valence-corrected chi connectivity index (χ4v) is 3.16. The summed E-state index contributed by atoms with van der Waals surface area (Å²) in [5, 5.41) is 13.9. The van der Waals surface area contributed by atoms with Crippen molar-refractivity contribution in [3.63, 3.8) is 0 Å². The highest BCUT2D eigenvalue weighted by molar-refractivity contribution is 6.08. The van der Waals surface area contributed by atoms with Crippen LogP contribution in [0.1, 0.15) is 26.3 Å². The van der Waals surface area contributed by atoms with Crippen molar-refractivity contribution in [3.05, 3.63) is 27.8 Å². The van der Waals surface area contributed by atoms with E-state index >= 15 is 0 Å². The number of nitro benzene ring substituents is 1. The van der Waals surface area contributed by atoms with Gasteiger partial charge in [0, 0.05) is 25.5 Å². The summed E-state index contributed by atoms with van der Waals surface area (Å²) in [5.74, 6) is -2.97. The molecule has 0 saturated carbocycles. The second-order valence-corrected chi connectivity index (χ2v) is 6.68. The molecule has 13 heteroatoms. The van der Waals surface area contributed by atoms with Crippen molar-refractivity contribution in [1.82, 2.24) is 15.3 Å². The quantitative estimate of drug-likeness (QED) is 0.231. The molecule has 0 saturated heterocycles. The molecule has 0 spiro atoms. The number of nitrogens with one attached hydrogen (secondary N) is 1. The van der Waals surface area contributed by atoms with Gasteiger partial charge in [0.1, 0.15) is 5.52 Å². The summed E-state index contributed by atoms with van der Waals surface area (Å²) >= 11 is 0. The minimum absolute atomic E-state index is 0.0274. The third kappa shape index (κ3) is 5.25. The summed E-state index contributed by atoms with van der Waals surface area (Å²) in [5.41, 5.74) is -2.54. The highest BCUT2D eigenvalue weighted by Gasteiger charge is 2.50. The maximum atomic E-state index is 12.9. The van der Waals surface area contributed by atoms with Gasteiger partial charge in [-0.25, -0.2) is 19.6 Å². The first kappa shape index (κ1) is 25.2. The Bertz CT molecular complexity index is 1070. The molecule has 1 aromatic heterocycles. The number of carbonyl (C=O) groups excluding carboxylic acids is 3. The van der Waals surface area contributed by atoms with Gasteiger partial charge in [-0.1, -0.05) is 0 Å².